The maximum atomic E-state index is 4.59. The van der Waals surface area contributed by atoms with Crippen molar-refractivity contribution in [2.45, 2.75) is 0 Å². The second kappa shape index (κ2) is 8.27. The predicted molar refractivity (Wildman–Crippen MR) is 87.1 cm³/mol. The van der Waals surface area contributed by atoms with E-state index in [0.717, 1.165) is 0 Å². The number of rotatable bonds is 3. The van der Waals surface area contributed by atoms with Crippen LogP contribution in [-0.2, 0) is 21.1 Å². The molecule has 4 rings (SSSR count). The third kappa shape index (κ3) is 4.20. The summed E-state index contributed by atoms with van der Waals surface area (Å²) in [7, 11) is 5.87. The third-order valence-electron chi connectivity index (χ3n) is 3.60. The summed E-state index contributed by atoms with van der Waals surface area (Å²) in [5.74, 6) is 1.68. The van der Waals surface area contributed by atoms with E-state index in [1.54, 1.807) is 0 Å². The summed E-state index contributed by atoms with van der Waals surface area (Å²) in [6, 6.07) is 0. The smallest absolute Gasteiger partial charge is 0.335 e. The van der Waals surface area contributed by atoms with Crippen LogP contribution in [0.5, 0.6) is 0 Å². The minimum Gasteiger partial charge on any atom is -0.870 e. The van der Waals surface area contributed by atoms with Crippen molar-refractivity contribution < 1.29 is 30.1 Å². The minimum absolute atomic E-state index is 0. The highest BCUT2D eigenvalue weighted by Crippen LogP contribution is 2.08. The van der Waals surface area contributed by atoms with E-state index in [0.29, 0.717) is 17.8 Å². The van der Waals surface area contributed by atoms with Crippen LogP contribution in [0, 0.1) is 0 Å². The summed E-state index contributed by atoms with van der Waals surface area (Å²) in [5.41, 5.74) is 0. The van der Waals surface area contributed by atoms with Crippen LogP contribution >= 0.6 is 0 Å². The number of hydrogen-bond donors (Lipinski definition) is 0. The van der Waals surface area contributed by atoms with E-state index in [1.165, 1.54) is 0 Å². The summed E-state index contributed by atoms with van der Waals surface area (Å²) < 4.78 is 11.4. The Morgan fingerprint density at radius 2 is 0.815 bits per heavy atom. The lowest BCUT2D eigenvalue weighted by Crippen LogP contribution is -2.25. The number of hydrogen-bond acceptors (Lipinski definition) is 6. The Morgan fingerprint density at radius 3 is 1.00 bits per heavy atom. The highest BCUT2D eigenvalue weighted by molar-refractivity contribution is 5.25. The van der Waals surface area contributed by atoms with E-state index in [9.17, 15) is 0 Å². The zero-order valence-electron chi connectivity index (χ0n) is 15.1. The van der Waals surface area contributed by atoms with E-state index >= 15 is 0 Å². The molecular formula is C15H21N9O3. The van der Waals surface area contributed by atoms with Gasteiger partial charge in [0.25, 0.3) is 19.0 Å². The SMILES string of the molecule is C[n+]1ccn(-c2nc(-n3cc[n+](C)c3)nc(-n3cc[n+](C)c3)n2)c1.[OH-].[OH-].[OH-]. The normalized spacial score (nSPS) is 9.89. The number of aromatic nitrogens is 9. The van der Waals surface area contributed by atoms with Crippen LogP contribution in [0.4, 0.5) is 0 Å². The summed E-state index contributed by atoms with van der Waals surface area (Å²) in [5, 5.41) is 0. The molecule has 12 nitrogen and oxygen atoms in total. The van der Waals surface area contributed by atoms with E-state index < -0.39 is 0 Å². The fourth-order valence-electron chi connectivity index (χ4n) is 2.40. The molecule has 0 saturated carbocycles. The predicted octanol–water partition coefficient (Wildman–Crippen LogP) is -1.81. The molecular weight excluding hydrogens is 354 g/mol. The molecule has 4 aromatic heterocycles. The quantitative estimate of drug-likeness (QED) is 0.384. The summed E-state index contributed by atoms with van der Waals surface area (Å²) in [6.45, 7) is 0. The van der Waals surface area contributed by atoms with Crippen LogP contribution in [0.3, 0.4) is 0 Å². The van der Waals surface area contributed by atoms with Crippen molar-refractivity contribution in [3.63, 3.8) is 0 Å². The van der Waals surface area contributed by atoms with Crippen LogP contribution in [0.25, 0.3) is 17.8 Å². The molecule has 0 bridgehead atoms. The topological polar surface area (TPSA) is 155 Å². The van der Waals surface area contributed by atoms with Gasteiger partial charge in [0.15, 0.2) is 0 Å². The molecule has 4 aromatic rings. The van der Waals surface area contributed by atoms with Crippen molar-refractivity contribution >= 4 is 0 Å². The van der Waals surface area contributed by atoms with Crippen molar-refractivity contribution in [1.29, 1.82) is 0 Å². The van der Waals surface area contributed by atoms with Gasteiger partial charge < -0.3 is 16.4 Å². The van der Waals surface area contributed by atoms with E-state index in [1.807, 2.05) is 105 Å². The molecule has 0 spiro atoms. The van der Waals surface area contributed by atoms with Crippen molar-refractivity contribution in [2.24, 2.45) is 21.1 Å². The van der Waals surface area contributed by atoms with Gasteiger partial charge in [0, 0.05) is 0 Å². The van der Waals surface area contributed by atoms with Crippen molar-refractivity contribution in [1.82, 2.24) is 28.7 Å². The van der Waals surface area contributed by atoms with Gasteiger partial charge in [-0.05, 0) is 0 Å². The molecule has 0 atom stereocenters. The zero-order valence-corrected chi connectivity index (χ0v) is 15.1. The Labute approximate surface area is 154 Å². The minimum atomic E-state index is 0. The molecule has 12 heteroatoms. The van der Waals surface area contributed by atoms with Crippen LogP contribution in [0.2, 0.25) is 0 Å². The van der Waals surface area contributed by atoms with Gasteiger partial charge in [-0.1, -0.05) is 0 Å². The van der Waals surface area contributed by atoms with E-state index in [4.69, 9.17) is 0 Å². The maximum Gasteiger partial charge on any atom is 0.335 e. The molecule has 0 amide bonds. The van der Waals surface area contributed by atoms with Gasteiger partial charge in [0.05, 0.1) is 21.1 Å². The highest BCUT2D eigenvalue weighted by atomic mass is 16.0. The fourth-order valence-corrected chi connectivity index (χ4v) is 2.40. The Hall–Kier alpha value is -3.48. The van der Waals surface area contributed by atoms with Gasteiger partial charge in [-0.3, -0.25) is 0 Å². The molecule has 144 valence electrons. The average Bonchev–Trinajstić information content (AvgIpc) is 3.28. The fraction of sp³-hybridized carbons (Fsp3) is 0.200. The summed E-state index contributed by atoms with van der Waals surface area (Å²) in [4.78, 5) is 13.8. The first kappa shape index (κ1) is 21.6. The first-order valence-electron chi connectivity index (χ1n) is 7.45. The standard InChI is InChI=1S/C15H18N9.3H2O/c1-19-4-7-22(10-19)13-16-14(23-8-5-20(2)11-23)18-15(17-13)24-9-6-21(3)12-24;;;/h4-12H,1-3H3;3*1H2/q+3;;;/p-3. The van der Waals surface area contributed by atoms with Crippen LogP contribution in [0.1, 0.15) is 0 Å². The lowest BCUT2D eigenvalue weighted by molar-refractivity contribution is -0.670. The molecule has 0 fully saturated rings. The van der Waals surface area contributed by atoms with E-state index in [2.05, 4.69) is 15.0 Å². The highest BCUT2D eigenvalue weighted by Gasteiger charge is 2.20. The molecule has 3 N–H and O–H groups in total. The largest absolute Gasteiger partial charge is 0.870 e. The van der Waals surface area contributed by atoms with Gasteiger partial charge in [0.1, 0.15) is 37.2 Å². The molecule has 4 heterocycles. The van der Waals surface area contributed by atoms with Gasteiger partial charge >= 0.3 is 17.8 Å². The lowest BCUT2D eigenvalue weighted by atomic mass is 10.7. The Balaban J connectivity index is 0.00000121. The Bertz CT molecular complexity index is 880. The van der Waals surface area contributed by atoms with Crippen molar-refractivity contribution in [3.8, 4) is 17.8 Å². The molecule has 0 aliphatic heterocycles. The maximum absolute atomic E-state index is 4.59. The number of nitrogens with zero attached hydrogens (tertiary/aromatic N) is 9. The van der Waals surface area contributed by atoms with Gasteiger partial charge in [0.2, 0.25) is 0 Å². The van der Waals surface area contributed by atoms with Crippen molar-refractivity contribution in [2.75, 3.05) is 0 Å². The van der Waals surface area contributed by atoms with E-state index in [-0.39, 0.29) is 16.4 Å². The van der Waals surface area contributed by atoms with Gasteiger partial charge in [-0.2, -0.15) is 13.7 Å². The Kier molecular flexibility index (Phi) is 6.60. The number of imidazole rings is 3. The monoisotopic (exact) mass is 375 g/mol. The summed E-state index contributed by atoms with van der Waals surface area (Å²) >= 11 is 0. The van der Waals surface area contributed by atoms with Gasteiger partial charge in [-0.15, -0.1) is 15.0 Å². The molecule has 0 aliphatic carbocycles. The first-order valence-corrected chi connectivity index (χ1v) is 7.45. The molecule has 0 aromatic carbocycles. The summed E-state index contributed by atoms with van der Waals surface area (Å²) in [6.07, 6.45) is 17.3. The Morgan fingerprint density at radius 1 is 0.556 bits per heavy atom. The molecule has 0 aliphatic rings. The van der Waals surface area contributed by atoms with Crippen LogP contribution < -0.4 is 13.7 Å². The molecule has 0 radical (unpaired) electrons. The van der Waals surface area contributed by atoms with Gasteiger partial charge in [-0.25, -0.2) is 13.7 Å². The molecule has 0 saturated heterocycles. The first-order chi connectivity index (χ1) is 11.6. The number of aryl methyl sites for hydroxylation is 3. The average molecular weight is 375 g/mol. The second-order valence-electron chi connectivity index (χ2n) is 5.69. The van der Waals surface area contributed by atoms with Crippen LogP contribution in [0.15, 0.2) is 56.2 Å². The van der Waals surface area contributed by atoms with Crippen molar-refractivity contribution in [3.05, 3.63) is 56.2 Å². The van der Waals surface area contributed by atoms with Crippen LogP contribution in [-0.4, -0.2) is 45.1 Å². The lowest BCUT2D eigenvalue weighted by Gasteiger charge is -1.99. The zero-order chi connectivity index (χ0) is 16.7. The molecule has 0 unspecified atom stereocenters. The molecule has 27 heavy (non-hydrogen) atoms. The third-order valence-corrected chi connectivity index (χ3v) is 3.60. The second-order valence-corrected chi connectivity index (χ2v) is 5.69.